The Labute approximate surface area is 63.2 Å². The standard InChI is InChI=1S/C7H6FN2O/c8-10(7(9)11)6-4-2-1-3-5-6/h1-5,9H. The number of hydrogen-bond donors (Lipinski definition) is 0. The molecule has 1 radical (unpaired) electrons. The smallest absolute Gasteiger partial charge is 0.245 e. The lowest BCUT2D eigenvalue weighted by Gasteiger charge is -2.05. The summed E-state index contributed by atoms with van der Waals surface area (Å²) in [6.45, 7) is 0. The molecule has 1 rings (SSSR count). The lowest BCUT2D eigenvalue weighted by atomic mass is 10.3. The van der Waals surface area contributed by atoms with Crippen LogP contribution in [0.1, 0.15) is 0 Å². The van der Waals surface area contributed by atoms with E-state index in [-0.39, 0.29) is 10.8 Å². The van der Waals surface area contributed by atoms with Gasteiger partial charge in [0.15, 0.2) is 0 Å². The molecule has 0 heterocycles. The Balaban J connectivity index is 2.85. The Hall–Kier alpha value is -1.58. The summed E-state index contributed by atoms with van der Waals surface area (Å²) in [4.78, 5) is 10.2. The fraction of sp³-hybridized carbons (Fsp3) is 0. The molecule has 0 unspecified atom stereocenters. The molecular formula is C7H6FN2O. The van der Waals surface area contributed by atoms with Crippen LogP contribution in [0.2, 0.25) is 0 Å². The summed E-state index contributed by atoms with van der Waals surface area (Å²) in [7, 11) is 0. The largest absolute Gasteiger partial charge is 0.369 e. The van der Waals surface area contributed by atoms with Crippen molar-refractivity contribution >= 4 is 11.7 Å². The van der Waals surface area contributed by atoms with Crippen LogP contribution in [-0.4, -0.2) is 6.03 Å². The van der Waals surface area contributed by atoms with Crippen molar-refractivity contribution in [3.63, 3.8) is 0 Å². The number of nitrogens with one attached hydrogen (secondary N) is 1. The summed E-state index contributed by atoms with van der Waals surface area (Å²) >= 11 is 0. The fourth-order valence-corrected chi connectivity index (χ4v) is 0.676. The first-order chi connectivity index (χ1) is 5.22. The summed E-state index contributed by atoms with van der Waals surface area (Å²) in [6, 6.07) is 6.33. The van der Waals surface area contributed by atoms with E-state index in [1.165, 1.54) is 12.1 Å². The molecule has 4 heteroatoms. The van der Waals surface area contributed by atoms with Gasteiger partial charge in [0.1, 0.15) is 0 Å². The summed E-state index contributed by atoms with van der Waals surface area (Å²) in [5, 5.41) is -0.222. The van der Waals surface area contributed by atoms with Gasteiger partial charge in [0, 0.05) is 0 Å². The van der Waals surface area contributed by atoms with Crippen molar-refractivity contribution in [2.24, 2.45) is 0 Å². The summed E-state index contributed by atoms with van der Waals surface area (Å²) in [6.07, 6.45) is 0. The lowest BCUT2D eigenvalue weighted by molar-refractivity contribution is 0.240. The van der Waals surface area contributed by atoms with Gasteiger partial charge in [-0.15, -0.1) is 5.12 Å². The molecule has 2 amide bonds. The number of para-hydroxylation sites is 1. The van der Waals surface area contributed by atoms with Crippen molar-refractivity contribution in [3.05, 3.63) is 30.3 Å². The number of anilines is 1. The minimum atomic E-state index is -1.36. The number of hydrogen-bond acceptors (Lipinski definition) is 1. The Kier molecular flexibility index (Phi) is 2.06. The van der Waals surface area contributed by atoms with E-state index in [4.69, 9.17) is 5.73 Å². The van der Waals surface area contributed by atoms with Gasteiger partial charge < -0.3 is 0 Å². The molecule has 1 N–H and O–H groups in total. The van der Waals surface area contributed by atoms with Crippen LogP contribution in [0.3, 0.4) is 0 Å². The highest BCUT2D eigenvalue weighted by molar-refractivity contribution is 5.87. The molecular weight excluding hydrogens is 147 g/mol. The number of benzene rings is 1. The van der Waals surface area contributed by atoms with Crippen LogP contribution in [0.25, 0.3) is 0 Å². The number of rotatable bonds is 1. The van der Waals surface area contributed by atoms with E-state index in [0.29, 0.717) is 0 Å². The van der Waals surface area contributed by atoms with Crippen molar-refractivity contribution in [3.8, 4) is 0 Å². The molecule has 0 atom stereocenters. The van der Waals surface area contributed by atoms with Crippen molar-refractivity contribution in [2.75, 3.05) is 5.12 Å². The lowest BCUT2D eigenvalue weighted by Crippen LogP contribution is -2.20. The molecule has 1 aromatic carbocycles. The van der Waals surface area contributed by atoms with Crippen LogP contribution < -0.4 is 10.9 Å². The maximum Gasteiger partial charge on any atom is 0.369 e. The zero-order valence-corrected chi connectivity index (χ0v) is 5.62. The molecule has 1 aromatic rings. The van der Waals surface area contributed by atoms with Crippen LogP contribution >= 0.6 is 0 Å². The molecule has 0 aliphatic carbocycles. The van der Waals surface area contributed by atoms with E-state index >= 15 is 0 Å². The average molecular weight is 153 g/mol. The average Bonchev–Trinajstić information content (AvgIpc) is 2.05. The highest BCUT2D eigenvalue weighted by Gasteiger charge is 2.09. The molecule has 0 aliphatic rings. The van der Waals surface area contributed by atoms with Crippen LogP contribution in [0.4, 0.5) is 15.0 Å². The van der Waals surface area contributed by atoms with Crippen molar-refractivity contribution < 1.29 is 9.28 Å². The maximum atomic E-state index is 12.6. The number of nitrogens with zero attached hydrogens (tertiary/aromatic N) is 1. The minimum absolute atomic E-state index is 0.0764. The van der Waals surface area contributed by atoms with Crippen LogP contribution in [0, 0.1) is 0 Å². The first kappa shape index (κ1) is 7.53. The van der Waals surface area contributed by atoms with Gasteiger partial charge in [0.05, 0.1) is 5.69 Å². The number of halogens is 1. The molecule has 0 saturated carbocycles. The zero-order valence-electron chi connectivity index (χ0n) is 5.62. The first-order valence-corrected chi connectivity index (χ1v) is 2.98. The second-order valence-corrected chi connectivity index (χ2v) is 1.92. The Morgan fingerprint density at radius 3 is 2.36 bits per heavy atom. The molecule has 0 fully saturated rings. The minimum Gasteiger partial charge on any atom is -0.245 e. The third kappa shape index (κ3) is 1.67. The zero-order chi connectivity index (χ0) is 8.27. The van der Waals surface area contributed by atoms with Crippen molar-refractivity contribution in [1.29, 1.82) is 0 Å². The molecule has 57 valence electrons. The van der Waals surface area contributed by atoms with Gasteiger partial charge in [0.25, 0.3) is 0 Å². The van der Waals surface area contributed by atoms with Gasteiger partial charge in [-0.3, -0.25) is 0 Å². The van der Waals surface area contributed by atoms with Crippen LogP contribution in [0.15, 0.2) is 30.3 Å². The number of urea groups is 1. The highest BCUT2D eigenvalue weighted by Crippen LogP contribution is 2.12. The maximum absolute atomic E-state index is 12.6. The molecule has 0 bridgehead atoms. The predicted octanol–water partition coefficient (Wildman–Crippen LogP) is 1.78. The van der Waals surface area contributed by atoms with E-state index in [1.807, 2.05) is 0 Å². The topological polar surface area (TPSA) is 44.1 Å². The quantitative estimate of drug-likeness (QED) is 0.567. The van der Waals surface area contributed by atoms with E-state index in [9.17, 15) is 9.28 Å². The molecule has 3 nitrogen and oxygen atoms in total. The molecule has 11 heavy (non-hydrogen) atoms. The summed E-state index contributed by atoms with van der Waals surface area (Å²) in [5.74, 6) is 0. The van der Waals surface area contributed by atoms with E-state index in [2.05, 4.69) is 0 Å². The Morgan fingerprint density at radius 2 is 1.91 bits per heavy atom. The third-order valence-corrected chi connectivity index (χ3v) is 1.16. The van der Waals surface area contributed by atoms with E-state index in [1.54, 1.807) is 18.2 Å². The molecule has 0 aromatic heterocycles. The molecule has 0 spiro atoms. The van der Waals surface area contributed by atoms with Crippen molar-refractivity contribution in [2.45, 2.75) is 0 Å². The van der Waals surface area contributed by atoms with Gasteiger partial charge in [-0.2, -0.15) is 0 Å². The SMILES string of the molecule is [NH]C(=O)N(F)c1ccccc1. The Bertz CT molecular complexity index is 250. The summed E-state index contributed by atoms with van der Waals surface area (Å²) < 4.78 is 12.6. The Morgan fingerprint density at radius 1 is 1.36 bits per heavy atom. The summed E-state index contributed by atoms with van der Waals surface area (Å²) in [5.41, 5.74) is 6.51. The second kappa shape index (κ2) is 3.01. The van der Waals surface area contributed by atoms with Gasteiger partial charge in [0.2, 0.25) is 0 Å². The van der Waals surface area contributed by atoms with Gasteiger partial charge in [-0.05, 0) is 12.1 Å². The second-order valence-electron chi connectivity index (χ2n) is 1.92. The van der Waals surface area contributed by atoms with E-state index in [0.717, 1.165) is 0 Å². The first-order valence-electron chi connectivity index (χ1n) is 2.98. The molecule has 0 aliphatic heterocycles. The molecule has 0 saturated heterocycles. The predicted molar refractivity (Wildman–Crippen MR) is 38.5 cm³/mol. The van der Waals surface area contributed by atoms with Gasteiger partial charge >= 0.3 is 6.03 Å². The van der Waals surface area contributed by atoms with E-state index < -0.39 is 6.03 Å². The van der Waals surface area contributed by atoms with Gasteiger partial charge in [-0.25, -0.2) is 10.5 Å². The van der Waals surface area contributed by atoms with Gasteiger partial charge in [-0.1, -0.05) is 22.7 Å². The number of carbonyl (C=O) groups excluding carboxylic acids is 1. The van der Waals surface area contributed by atoms with Crippen molar-refractivity contribution in [1.82, 2.24) is 5.73 Å². The monoisotopic (exact) mass is 153 g/mol. The number of carbonyl (C=O) groups is 1. The fourth-order valence-electron chi connectivity index (χ4n) is 0.676. The van der Waals surface area contributed by atoms with Crippen LogP contribution in [0.5, 0.6) is 0 Å². The van der Waals surface area contributed by atoms with Crippen LogP contribution in [-0.2, 0) is 0 Å². The third-order valence-electron chi connectivity index (χ3n) is 1.16. The highest BCUT2D eigenvalue weighted by atomic mass is 19.2. The normalized spacial score (nSPS) is 9.18. The number of amides is 2.